The quantitative estimate of drug-likeness (QED) is 0.655. The highest BCUT2D eigenvalue weighted by atomic mass is 35.5. The van der Waals surface area contributed by atoms with Gasteiger partial charge < -0.3 is 19.5 Å². The molecule has 1 N–H and O–H groups in total. The minimum absolute atomic E-state index is 0.183. The Kier molecular flexibility index (Phi) is 8.37. The third kappa shape index (κ3) is 6.01. The van der Waals surface area contributed by atoms with Crippen molar-refractivity contribution >= 4 is 23.2 Å². The van der Waals surface area contributed by atoms with Crippen LogP contribution in [0.2, 0.25) is 5.02 Å². The summed E-state index contributed by atoms with van der Waals surface area (Å²) in [6, 6.07) is 5.14. The van der Waals surface area contributed by atoms with E-state index in [0.29, 0.717) is 42.7 Å². The molecule has 1 amide bonds. The molecule has 0 radical (unpaired) electrons. The molecule has 0 saturated heterocycles. The van der Waals surface area contributed by atoms with Gasteiger partial charge in [0, 0.05) is 19.4 Å². The van der Waals surface area contributed by atoms with E-state index in [1.54, 1.807) is 32.2 Å². The summed E-state index contributed by atoms with van der Waals surface area (Å²) in [6.45, 7) is 7.18. The molecule has 0 bridgehead atoms. The summed E-state index contributed by atoms with van der Waals surface area (Å²) < 4.78 is 16.1. The normalized spacial score (nSPS) is 13.4. The van der Waals surface area contributed by atoms with E-state index in [2.05, 4.69) is 5.32 Å². The summed E-state index contributed by atoms with van der Waals surface area (Å²) in [5.41, 5.74) is -0.241. The SMILES string of the molecule is CCCO[C@@](C)(CC)C(=O)Nc1ccc(OCCOC)c(Cl)c1. The summed E-state index contributed by atoms with van der Waals surface area (Å²) in [6.07, 6.45) is 1.45. The van der Waals surface area contributed by atoms with E-state index >= 15 is 0 Å². The van der Waals surface area contributed by atoms with Gasteiger partial charge in [-0.05, 0) is 38.0 Å². The highest BCUT2D eigenvalue weighted by Gasteiger charge is 2.32. The molecule has 1 aromatic rings. The van der Waals surface area contributed by atoms with Gasteiger partial charge in [-0.1, -0.05) is 25.4 Å². The highest BCUT2D eigenvalue weighted by Crippen LogP contribution is 2.28. The van der Waals surface area contributed by atoms with Crippen molar-refractivity contribution in [2.45, 2.75) is 39.2 Å². The van der Waals surface area contributed by atoms with Crippen molar-refractivity contribution in [1.82, 2.24) is 0 Å². The molecule has 6 heteroatoms. The van der Waals surface area contributed by atoms with Gasteiger partial charge in [-0.15, -0.1) is 0 Å². The number of amides is 1. The minimum Gasteiger partial charge on any atom is -0.490 e. The van der Waals surface area contributed by atoms with E-state index in [-0.39, 0.29) is 5.91 Å². The fraction of sp³-hybridized carbons (Fsp3) is 0.588. The molecule has 0 aromatic heterocycles. The van der Waals surface area contributed by atoms with Gasteiger partial charge in [-0.3, -0.25) is 4.79 Å². The Labute approximate surface area is 143 Å². The van der Waals surface area contributed by atoms with E-state index in [1.807, 2.05) is 13.8 Å². The number of ether oxygens (including phenoxy) is 3. The number of hydrogen-bond acceptors (Lipinski definition) is 4. The van der Waals surface area contributed by atoms with Crippen LogP contribution in [0.4, 0.5) is 5.69 Å². The number of anilines is 1. The Morgan fingerprint density at radius 3 is 2.57 bits per heavy atom. The predicted octanol–water partition coefficient (Wildman–Crippen LogP) is 3.90. The number of hydrogen-bond donors (Lipinski definition) is 1. The molecule has 0 heterocycles. The molecule has 1 atom stereocenters. The van der Waals surface area contributed by atoms with E-state index in [9.17, 15) is 4.79 Å². The highest BCUT2D eigenvalue weighted by molar-refractivity contribution is 6.32. The zero-order valence-corrected chi connectivity index (χ0v) is 15.0. The minimum atomic E-state index is -0.851. The van der Waals surface area contributed by atoms with Crippen molar-refractivity contribution in [2.24, 2.45) is 0 Å². The molecular weight excluding hydrogens is 318 g/mol. The lowest BCUT2D eigenvalue weighted by Gasteiger charge is -2.27. The Balaban J connectivity index is 2.72. The van der Waals surface area contributed by atoms with Crippen molar-refractivity contribution < 1.29 is 19.0 Å². The first-order chi connectivity index (χ1) is 11.0. The lowest BCUT2D eigenvalue weighted by molar-refractivity contribution is -0.139. The molecule has 0 aliphatic carbocycles. The van der Waals surface area contributed by atoms with Gasteiger partial charge in [0.2, 0.25) is 0 Å². The van der Waals surface area contributed by atoms with Crippen LogP contribution in [0.3, 0.4) is 0 Å². The molecule has 1 rings (SSSR count). The first-order valence-corrected chi connectivity index (χ1v) is 8.21. The summed E-state index contributed by atoms with van der Waals surface area (Å²) >= 11 is 6.18. The van der Waals surface area contributed by atoms with Gasteiger partial charge in [0.1, 0.15) is 18.0 Å². The fourth-order valence-corrected chi connectivity index (χ4v) is 2.08. The van der Waals surface area contributed by atoms with Crippen molar-refractivity contribution in [3.05, 3.63) is 23.2 Å². The average Bonchev–Trinajstić information content (AvgIpc) is 2.54. The molecule has 0 saturated carbocycles. The molecular formula is C17H26ClNO4. The van der Waals surface area contributed by atoms with Gasteiger partial charge in [0.15, 0.2) is 0 Å². The lowest BCUT2D eigenvalue weighted by atomic mass is 10.0. The Morgan fingerprint density at radius 2 is 2.00 bits per heavy atom. The molecule has 0 fully saturated rings. The van der Waals surface area contributed by atoms with Crippen LogP contribution in [0, 0.1) is 0 Å². The standard InChI is InChI=1S/C17H26ClNO4/c1-5-9-23-17(3,6-2)16(20)19-13-7-8-15(14(18)12-13)22-11-10-21-4/h7-8,12H,5-6,9-11H2,1-4H3,(H,19,20)/t17-/m0/s1. The second-order valence-corrected chi connectivity index (χ2v) is 5.78. The number of benzene rings is 1. The lowest BCUT2D eigenvalue weighted by Crippen LogP contribution is -2.42. The van der Waals surface area contributed by atoms with Crippen LogP contribution in [-0.2, 0) is 14.3 Å². The first-order valence-electron chi connectivity index (χ1n) is 7.83. The van der Waals surface area contributed by atoms with Gasteiger partial charge >= 0.3 is 0 Å². The van der Waals surface area contributed by atoms with Crippen molar-refractivity contribution in [3.8, 4) is 5.75 Å². The number of carbonyl (C=O) groups excluding carboxylic acids is 1. The number of nitrogens with one attached hydrogen (secondary N) is 1. The topological polar surface area (TPSA) is 56.8 Å². The smallest absolute Gasteiger partial charge is 0.256 e. The molecule has 0 unspecified atom stereocenters. The van der Waals surface area contributed by atoms with Gasteiger partial charge in [0.05, 0.1) is 11.6 Å². The Bertz CT molecular complexity index is 509. The van der Waals surface area contributed by atoms with Crippen LogP contribution in [-0.4, -0.2) is 38.4 Å². The Hall–Kier alpha value is -1.30. The third-order valence-electron chi connectivity index (χ3n) is 3.51. The molecule has 23 heavy (non-hydrogen) atoms. The zero-order chi connectivity index (χ0) is 17.3. The summed E-state index contributed by atoms with van der Waals surface area (Å²) in [4.78, 5) is 12.5. The first kappa shape index (κ1) is 19.7. The average molecular weight is 344 g/mol. The second-order valence-electron chi connectivity index (χ2n) is 5.37. The summed E-state index contributed by atoms with van der Waals surface area (Å²) in [5.74, 6) is 0.375. The molecule has 130 valence electrons. The van der Waals surface area contributed by atoms with Crippen molar-refractivity contribution in [3.63, 3.8) is 0 Å². The largest absolute Gasteiger partial charge is 0.490 e. The summed E-state index contributed by atoms with van der Waals surface area (Å²) in [7, 11) is 1.61. The van der Waals surface area contributed by atoms with Crippen molar-refractivity contribution in [1.29, 1.82) is 0 Å². The monoisotopic (exact) mass is 343 g/mol. The van der Waals surface area contributed by atoms with Crippen LogP contribution in [0.1, 0.15) is 33.6 Å². The van der Waals surface area contributed by atoms with Crippen LogP contribution < -0.4 is 10.1 Å². The van der Waals surface area contributed by atoms with E-state index in [0.717, 1.165) is 6.42 Å². The molecule has 0 aliphatic rings. The number of methoxy groups -OCH3 is 1. The number of rotatable bonds is 10. The summed E-state index contributed by atoms with van der Waals surface area (Å²) in [5, 5.41) is 3.29. The maximum absolute atomic E-state index is 12.5. The van der Waals surface area contributed by atoms with E-state index in [4.69, 9.17) is 25.8 Å². The van der Waals surface area contributed by atoms with Gasteiger partial charge in [-0.25, -0.2) is 0 Å². The molecule has 5 nitrogen and oxygen atoms in total. The van der Waals surface area contributed by atoms with Crippen LogP contribution in [0.15, 0.2) is 18.2 Å². The second kappa shape index (κ2) is 9.75. The Morgan fingerprint density at radius 1 is 1.26 bits per heavy atom. The molecule has 0 spiro atoms. The maximum Gasteiger partial charge on any atom is 0.256 e. The van der Waals surface area contributed by atoms with E-state index in [1.165, 1.54) is 0 Å². The van der Waals surface area contributed by atoms with Crippen molar-refractivity contribution in [2.75, 3.05) is 32.2 Å². The molecule has 1 aromatic carbocycles. The van der Waals surface area contributed by atoms with Gasteiger partial charge in [0.25, 0.3) is 5.91 Å². The van der Waals surface area contributed by atoms with Crippen LogP contribution in [0.25, 0.3) is 0 Å². The number of halogens is 1. The van der Waals surface area contributed by atoms with Crippen LogP contribution in [0.5, 0.6) is 5.75 Å². The maximum atomic E-state index is 12.5. The predicted molar refractivity (Wildman–Crippen MR) is 92.4 cm³/mol. The fourth-order valence-electron chi connectivity index (χ4n) is 1.85. The molecule has 0 aliphatic heterocycles. The third-order valence-corrected chi connectivity index (χ3v) is 3.81. The van der Waals surface area contributed by atoms with Crippen LogP contribution >= 0.6 is 11.6 Å². The number of carbonyl (C=O) groups is 1. The zero-order valence-electron chi connectivity index (χ0n) is 14.3. The van der Waals surface area contributed by atoms with Gasteiger partial charge in [-0.2, -0.15) is 0 Å². The van der Waals surface area contributed by atoms with E-state index < -0.39 is 5.60 Å².